The first-order valence-corrected chi connectivity index (χ1v) is 11.2. The highest BCUT2D eigenvalue weighted by atomic mass is 16.2. The Bertz CT molecular complexity index is 478. The van der Waals surface area contributed by atoms with Gasteiger partial charge in [-0.1, -0.05) is 0 Å². The molecule has 0 saturated carbocycles. The summed E-state index contributed by atoms with van der Waals surface area (Å²) in [6.45, 7) is 22.3. The van der Waals surface area contributed by atoms with Gasteiger partial charge in [-0.3, -0.25) is 19.4 Å². The zero-order valence-electron chi connectivity index (χ0n) is 19.5. The summed E-state index contributed by atoms with van der Waals surface area (Å²) in [6.07, 6.45) is 0. The summed E-state index contributed by atoms with van der Waals surface area (Å²) in [7, 11) is 0. The van der Waals surface area contributed by atoms with E-state index < -0.39 is 0 Å². The normalized spacial score (nSPS) is 21.5. The predicted octanol–water partition coefficient (Wildman–Crippen LogP) is -0.0468. The van der Waals surface area contributed by atoms with Crippen LogP contribution in [0, 0.1) is 0 Å². The number of carbonyl (C=O) groups is 2. The molecule has 29 heavy (non-hydrogen) atoms. The molecule has 0 unspecified atom stereocenters. The first-order valence-electron chi connectivity index (χ1n) is 11.2. The van der Waals surface area contributed by atoms with Crippen molar-refractivity contribution in [2.45, 2.75) is 59.7 Å². The Morgan fingerprint density at radius 1 is 0.690 bits per heavy atom. The fourth-order valence-corrected chi connectivity index (χ4v) is 3.46. The van der Waals surface area contributed by atoms with Gasteiger partial charge in [-0.05, 0) is 41.5 Å². The van der Waals surface area contributed by atoms with E-state index in [9.17, 15) is 9.59 Å². The third-order valence-corrected chi connectivity index (χ3v) is 5.43. The minimum atomic E-state index is 0.153. The number of amides is 2. The summed E-state index contributed by atoms with van der Waals surface area (Å²) >= 11 is 0. The second-order valence-corrected chi connectivity index (χ2v) is 8.65. The minimum Gasteiger partial charge on any atom is -0.354 e. The molecular weight excluding hydrogens is 368 g/mol. The molecule has 3 aliphatic heterocycles. The molecule has 3 saturated heterocycles. The number of rotatable bonds is 3. The Kier molecular flexibility index (Phi) is 12.4. The van der Waals surface area contributed by atoms with Crippen molar-refractivity contribution in [1.29, 1.82) is 0 Å². The average Bonchev–Trinajstić information content (AvgIpc) is 2.70. The summed E-state index contributed by atoms with van der Waals surface area (Å²) < 4.78 is 0. The van der Waals surface area contributed by atoms with Gasteiger partial charge in [-0.2, -0.15) is 0 Å². The Morgan fingerprint density at radius 2 is 1.24 bits per heavy atom. The maximum atomic E-state index is 11.1. The number of hydrogen-bond donors (Lipinski definition) is 3. The van der Waals surface area contributed by atoms with Crippen molar-refractivity contribution in [2.75, 3.05) is 65.4 Å². The number of piperazine rings is 3. The molecule has 0 aromatic heterocycles. The zero-order chi connectivity index (χ0) is 21.8. The molecule has 2 amide bonds. The van der Waals surface area contributed by atoms with E-state index in [0.717, 1.165) is 45.3 Å². The molecule has 0 aromatic rings. The highest BCUT2D eigenvalue weighted by molar-refractivity contribution is 5.79. The van der Waals surface area contributed by atoms with Crippen LogP contribution in [-0.4, -0.2) is 110 Å². The molecule has 0 aromatic carbocycles. The average molecular weight is 413 g/mol. The molecule has 0 radical (unpaired) electrons. The molecule has 0 spiro atoms. The second kappa shape index (κ2) is 13.9. The fourth-order valence-electron chi connectivity index (χ4n) is 3.46. The molecule has 0 atom stereocenters. The van der Waals surface area contributed by atoms with Crippen molar-refractivity contribution < 1.29 is 9.59 Å². The van der Waals surface area contributed by atoms with E-state index in [-0.39, 0.29) is 11.8 Å². The molecule has 0 bridgehead atoms. The fraction of sp³-hybridized carbons (Fsp3) is 0.905. The van der Waals surface area contributed by atoms with Crippen molar-refractivity contribution in [2.24, 2.45) is 0 Å². The number of nitrogens with zero attached hydrogens (tertiary/aromatic N) is 3. The van der Waals surface area contributed by atoms with Crippen molar-refractivity contribution in [1.82, 2.24) is 30.7 Å². The lowest BCUT2D eigenvalue weighted by Crippen LogP contribution is -2.50. The number of carbonyl (C=O) groups excluding carboxylic acids is 2. The van der Waals surface area contributed by atoms with Crippen molar-refractivity contribution in [3.8, 4) is 0 Å². The largest absolute Gasteiger partial charge is 0.354 e. The van der Waals surface area contributed by atoms with Gasteiger partial charge in [-0.25, -0.2) is 0 Å². The lowest BCUT2D eigenvalue weighted by Gasteiger charge is -2.30. The Labute approximate surface area is 177 Å². The lowest BCUT2D eigenvalue weighted by molar-refractivity contribution is -0.133. The Hall–Kier alpha value is -1.22. The molecule has 8 heteroatoms. The van der Waals surface area contributed by atoms with Crippen LogP contribution in [-0.2, 0) is 9.59 Å². The van der Waals surface area contributed by atoms with Gasteiger partial charge in [0, 0.05) is 70.5 Å². The van der Waals surface area contributed by atoms with Crippen LogP contribution in [0.25, 0.3) is 0 Å². The highest BCUT2D eigenvalue weighted by Gasteiger charge is 2.19. The molecule has 3 fully saturated rings. The van der Waals surface area contributed by atoms with E-state index in [0.29, 0.717) is 25.2 Å². The van der Waals surface area contributed by atoms with Gasteiger partial charge < -0.3 is 20.9 Å². The molecule has 3 aliphatic rings. The maximum absolute atomic E-state index is 11.1. The topological polar surface area (TPSA) is 80.0 Å². The van der Waals surface area contributed by atoms with E-state index in [1.165, 1.54) is 13.1 Å². The summed E-state index contributed by atoms with van der Waals surface area (Å²) in [5, 5.41) is 9.14. The van der Waals surface area contributed by atoms with Crippen LogP contribution < -0.4 is 16.0 Å². The lowest BCUT2D eigenvalue weighted by atomic mass is 10.2. The molecule has 8 nitrogen and oxygen atoms in total. The first-order chi connectivity index (χ1) is 13.7. The molecule has 170 valence electrons. The van der Waals surface area contributed by atoms with E-state index >= 15 is 0 Å². The van der Waals surface area contributed by atoms with Crippen LogP contribution in [0.3, 0.4) is 0 Å². The molecule has 0 aliphatic carbocycles. The third kappa shape index (κ3) is 10.4. The predicted molar refractivity (Wildman–Crippen MR) is 119 cm³/mol. The van der Waals surface area contributed by atoms with Crippen LogP contribution in [0.5, 0.6) is 0 Å². The smallest absolute Gasteiger partial charge is 0.236 e. The van der Waals surface area contributed by atoms with Gasteiger partial charge in [0.1, 0.15) is 0 Å². The van der Waals surface area contributed by atoms with Gasteiger partial charge in [0.05, 0.1) is 13.1 Å². The van der Waals surface area contributed by atoms with Gasteiger partial charge in [0.25, 0.3) is 0 Å². The van der Waals surface area contributed by atoms with E-state index in [4.69, 9.17) is 0 Å². The molecule has 3 N–H and O–H groups in total. The number of nitrogens with one attached hydrogen (secondary N) is 3. The third-order valence-electron chi connectivity index (χ3n) is 5.43. The van der Waals surface area contributed by atoms with E-state index in [1.807, 2.05) is 18.7 Å². The number of hydrogen-bond acceptors (Lipinski definition) is 6. The van der Waals surface area contributed by atoms with Crippen LogP contribution in [0.15, 0.2) is 0 Å². The molecule has 3 heterocycles. The van der Waals surface area contributed by atoms with Gasteiger partial charge in [0.2, 0.25) is 11.8 Å². The van der Waals surface area contributed by atoms with Crippen molar-refractivity contribution in [3.63, 3.8) is 0 Å². The summed E-state index contributed by atoms with van der Waals surface area (Å²) in [6, 6.07) is 1.58. The van der Waals surface area contributed by atoms with E-state index in [2.05, 4.69) is 53.4 Å². The second-order valence-electron chi connectivity index (χ2n) is 8.65. The van der Waals surface area contributed by atoms with Crippen molar-refractivity contribution in [3.05, 3.63) is 0 Å². The van der Waals surface area contributed by atoms with Crippen molar-refractivity contribution >= 4 is 11.8 Å². The Morgan fingerprint density at radius 3 is 1.62 bits per heavy atom. The monoisotopic (exact) mass is 412 g/mol. The van der Waals surface area contributed by atoms with Crippen LogP contribution in [0.4, 0.5) is 0 Å². The van der Waals surface area contributed by atoms with Crippen LogP contribution in [0.1, 0.15) is 41.5 Å². The Balaban J connectivity index is 0.000000218. The summed E-state index contributed by atoms with van der Waals surface area (Å²) in [5.41, 5.74) is 0. The quantitative estimate of drug-likeness (QED) is 0.603. The van der Waals surface area contributed by atoms with E-state index in [1.54, 1.807) is 0 Å². The SMILES string of the molecule is CC(C)N1CCNC(=O)C1.CC(C)N1CCNCC1.CC(C)N1CCNCC1=O. The van der Waals surface area contributed by atoms with Crippen LogP contribution >= 0.6 is 0 Å². The zero-order valence-corrected chi connectivity index (χ0v) is 19.5. The first kappa shape index (κ1) is 25.8. The highest BCUT2D eigenvalue weighted by Crippen LogP contribution is 2.00. The van der Waals surface area contributed by atoms with Gasteiger partial charge in [-0.15, -0.1) is 0 Å². The van der Waals surface area contributed by atoms with Gasteiger partial charge >= 0.3 is 0 Å². The maximum Gasteiger partial charge on any atom is 0.236 e. The summed E-state index contributed by atoms with van der Waals surface area (Å²) in [5.74, 6) is 0.376. The minimum absolute atomic E-state index is 0.153. The summed E-state index contributed by atoms with van der Waals surface area (Å²) in [4.78, 5) is 28.5. The molecular formula is C21H44N6O2. The molecule has 3 rings (SSSR count). The standard InChI is InChI=1S/2C7H14N2O.C7H16N2/c1-6(2)9-4-3-8-7(10)5-9;1-6(2)9-4-3-8-5-7(9)10;1-7(2)9-5-3-8-4-6-9/h6H,3-5H2,1-2H3,(H,8,10);6,8H,3-5H2,1-2H3;7-8H,3-6H2,1-2H3. The van der Waals surface area contributed by atoms with Crippen LogP contribution in [0.2, 0.25) is 0 Å². The van der Waals surface area contributed by atoms with Gasteiger partial charge in [0.15, 0.2) is 0 Å².